The van der Waals surface area contributed by atoms with Gasteiger partial charge in [0.2, 0.25) is 0 Å². The van der Waals surface area contributed by atoms with Crippen LogP contribution in [-0.2, 0) is 4.79 Å². The highest BCUT2D eigenvalue weighted by atomic mass is 16.5. The molecule has 0 saturated carbocycles. The number of amides is 2. The summed E-state index contributed by atoms with van der Waals surface area (Å²) in [6.45, 7) is 3.92. The second-order valence-corrected chi connectivity index (χ2v) is 5.77. The first-order valence-corrected chi connectivity index (χ1v) is 6.94. The molecule has 1 atom stereocenters. The molecule has 0 aromatic heterocycles. The topological polar surface area (TPSA) is 98.7 Å². The van der Waals surface area contributed by atoms with E-state index in [1.165, 1.54) is 0 Å². The van der Waals surface area contributed by atoms with Crippen molar-refractivity contribution >= 4 is 11.8 Å². The average Bonchev–Trinajstić information content (AvgIpc) is 2.88. The molecule has 0 bridgehead atoms. The fraction of sp³-hybridized carbons (Fsp3) is 0.467. The van der Waals surface area contributed by atoms with E-state index in [9.17, 15) is 9.59 Å². The molecule has 0 aliphatic carbocycles. The van der Waals surface area contributed by atoms with Crippen LogP contribution in [0.1, 0.15) is 23.7 Å². The van der Waals surface area contributed by atoms with Crippen molar-refractivity contribution in [2.75, 3.05) is 26.2 Å². The zero-order valence-electron chi connectivity index (χ0n) is 12.2. The second-order valence-electron chi connectivity index (χ2n) is 5.77. The lowest BCUT2D eigenvalue weighted by Crippen LogP contribution is -2.34. The molecule has 1 fully saturated rings. The SMILES string of the molecule is CC1(CN)CCN(C(=O)c2ccc(OCC(N)=O)cc2)C1. The van der Waals surface area contributed by atoms with Gasteiger partial charge >= 0.3 is 0 Å². The van der Waals surface area contributed by atoms with E-state index >= 15 is 0 Å². The Morgan fingerprint density at radius 2 is 2.00 bits per heavy atom. The summed E-state index contributed by atoms with van der Waals surface area (Å²) in [5, 5.41) is 0. The fourth-order valence-corrected chi connectivity index (χ4v) is 2.39. The first-order chi connectivity index (χ1) is 9.93. The third-order valence-corrected chi connectivity index (χ3v) is 3.82. The van der Waals surface area contributed by atoms with Gasteiger partial charge in [-0.2, -0.15) is 0 Å². The highest BCUT2D eigenvalue weighted by Crippen LogP contribution is 2.29. The lowest BCUT2D eigenvalue weighted by molar-refractivity contribution is -0.119. The molecule has 6 heteroatoms. The van der Waals surface area contributed by atoms with E-state index in [1.54, 1.807) is 24.3 Å². The largest absolute Gasteiger partial charge is 0.484 e. The van der Waals surface area contributed by atoms with E-state index in [0.717, 1.165) is 13.0 Å². The van der Waals surface area contributed by atoms with Crippen LogP contribution < -0.4 is 16.2 Å². The Morgan fingerprint density at radius 1 is 1.33 bits per heavy atom. The summed E-state index contributed by atoms with van der Waals surface area (Å²) in [4.78, 5) is 24.9. The summed E-state index contributed by atoms with van der Waals surface area (Å²) in [7, 11) is 0. The molecule has 1 aliphatic heterocycles. The van der Waals surface area contributed by atoms with E-state index in [2.05, 4.69) is 6.92 Å². The summed E-state index contributed by atoms with van der Waals surface area (Å²) in [5.41, 5.74) is 11.4. The molecule has 21 heavy (non-hydrogen) atoms. The van der Waals surface area contributed by atoms with E-state index in [1.807, 2.05) is 4.90 Å². The maximum Gasteiger partial charge on any atom is 0.255 e. The molecule has 2 rings (SSSR count). The first-order valence-electron chi connectivity index (χ1n) is 6.94. The quantitative estimate of drug-likeness (QED) is 0.818. The number of primary amides is 1. The number of hydrogen-bond acceptors (Lipinski definition) is 4. The van der Waals surface area contributed by atoms with Crippen LogP contribution in [0.5, 0.6) is 5.75 Å². The van der Waals surface area contributed by atoms with Crippen LogP contribution in [0.3, 0.4) is 0 Å². The number of nitrogens with zero attached hydrogens (tertiary/aromatic N) is 1. The van der Waals surface area contributed by atoms with Crippen molar-refractivity contribution in [2.24, 2.45) is 16.9 Å². The Labute approximate surface area is 124 Å². The van der Waals surface area contributed by atoms with Crippen molar-refractivity contribution in [1.29, 1.82) is 0 Å². The maximum absolute atomic E-state index is 12.4. The van der Waals surface area contributed by atoms with Gasteiger partial charge in [-0.3, -0.25) is 9.59 Å². The molecule has 0 radical (unpaired) electrons. The number of ether oxygens (including phenoxy) is 1. The summed E-state index contributed by atoms with van der Waals surface area (Å²) in [6, 6.07) is 6.70. The van der Waals surface area contributed by atoms with Crippen LogP contribution in [0.2, 0.25) is 0 Å². The Balaban J connectivity index is 1.99. The summed E-state index contributed by atoms with van der Waals surface area (Å²) >= 11 is 0. The Morgan fingerprint density at radius 3 is 2.52 bits per heavy atom. The van der Waals surface area contributed by atoms with E-state index < -0.39 is 5.91 Å². The molecule has 1 heterocycles. The number of rotatable bonds is 5. The van der Waals surface area contributed by atoms with Crippen LogP contribution in [0.15, 0.2) is 24.3 Å². The maximum atomic E-state index is 12.4. The number of carbonyl (C=O) groups is 2. The molecular weight excluding hydrogens is 270 g/mol. The standard InChI is InChI=1S/C15H21N3O3/c1-15(9-16)6-7-18(10-15)14(20)11-2-4-12(5-3-11)21-8-13(17)19/h2-5H,6-10,16H2,1H3,(H2,17,19). The average molecular weight is 291 g/mol. The van der Waals surface area contributed by atoms with E-state index in [4.69, 9.17) is 16.2 Å². The predicted octanol–water partition coefficient (Wildman–Crippen LogP) is 0.362. The number of nitrogens with two attached hydrogens (primary N) is 2. The minimum Gasteiger partial charge on any atom is -0.484 e. The van der Waals surface area contributed by atoms with Gasteiger partial charge in [0.15, 0.2) is 6.61 Å². The normalized spacial score (nSPS) is 21.3. The van der Waals surface area contributed by atoms with Crippen molar-refractivity contribution < 1.29 is 14.3 Å². The zero-order valence-corrected chi connectivity index (χ0v) is 12.2. The smallest absolute Gasteiger partial charge is 0.255 e. The van der Waals surface area contributed by atoms with Crippen molar-refractivity contribution in [2.45, 2.75) is 13.3 Å². The molecule has 2 amide bonds. The van der Waals surface area contributed by atoms with Gasteiger partial charge in [0.25, 0.3) is 11.8 Å². The minimum atomic E-state index is -0.534. The van der Waals surface area contributed by atoms with Crippen molar-refractivity contribution in [1.82, 2.24) is 4.90 Å². The van der Waals surface area contributed by atoms with Gasteiger partial charge in [-0.05, 0) is 42.6 Å². The molecule has 0 spiro atoms. The van der Waals surface area contributed by atoms with Gasteiger partial charge in [-0.15, -0.1) is 0 Å². The summed E-state index contributed by atoms with van der Waals surface area (Å²) in [6.07, 6.45) is 0.926. The lowest BCUT2D eigenvalue weighted by Gasteiger charge is -2.22. The molecule has 1 saturated heterocycles. The molecule has 114 valence electrons. The van der Waals surface area contributed by atoms with Gasteiger partial charge in [-0.25, -0.2) is 0 Å². The second kappa shape index (κ2) is 6.13. The number of likely N-dealkylation sites (tertiary alicyclic amines) is 1. The molecule has 6 nitrogen and oxygen atoms in total. The Hall–Kier alpha value is -2.08. The van der Waals surface area contributed by atoms with Gasteiger partial charge in [0.05, 0.1) is 0 Å². The van der Waals surface area contributed by atoms with Gasteiger partial charge in [-0.1, -0.05) is 6.92 Å². The number of benzene rings is 1. The molecule has 1 aromatic carbocycles. The molecular formula is C15H21N3O3. The Bertz CT molecular complexity index is 529. The number of carbonyl (C=O) groups excluding carboxylic acids is 2. The zero-order chi connectivity index (χ0) is 15.5. The molecule has 4 N–H and O–H groups in total. The van der Waals surface area contributed by atoms with Gasteiger partial charge < -0.3 is 21.1 Å². The van der Waals surface area contributed by atoms with Gasteiger partial charge in [0, 0.05) is 18.7 Å². The monoisotopic (exact) mass is 291 g/mol. The molecule has 1 unspecified atom stereocenters. The van der Waals surface area contributed by atoms with Crippen LogP contribution in [0.4, 0.5) is 0 Å². The first kappa shape index (κ1) is 15.3. The predicted molar refractivity (Wildman–Crippen MR) is 78.8 cm³/mol. The van der Waals surface area contributed by atoms with Crippen molar-refractivity contribution in [3.05, 3.63) is 29.8 Å². The lowest BCUT2D eigenvalue weighted by atomic mass is 9.90. The van der Waals surface area contributed by atoms with Crippen LogP contribution in [0, 0.1) is 5.41 Å². The number of hydrogen-bond donors (Lipinski definition) is 2. The van der Waals surface area contributed by atoms with Crippen LogP contribution >= 0.6 is 0 Å². The third-order valence-electron chi connectivity index (χ3n) is 3.82. The van der Waals surface area contributed by atoms with Crippen LogP contribution in [0.25, 0.3) is 0 Å². The van der Waals surface area contributed by atoms with E-state index in [0.29, 0.717) is 24.4 Å². The molecule has 1 aliphatic rings. The molecule has 1 aromatic rings. The highest BCUT2D eigenvalue weighted by molar-refractivity contribution is 5.94. The van der Waals surface area contributed by atoms with Gasteiger partial charge in [0.1, 0.15) is 5.75 Å². The third kappa shape index (κ3) is 3.72. The summed E-state index contributed by atoms with van der Waals surface area (Å²) < 4.78 is 5.16. The summed E-state index contributed by atoms with van der Waals surface area (Å²) in [5.74, 6) is -0.0273. The minimum absolute atomic E-state index is 0.00590. The fourth-order valence-electron chi connectivity index (χ4n) is 2.39. The van der Waals surface area contributed by atoms with Crippen molar-refractivity contribution in [3.8, 4) is 5.75 Å². The highest BCUT2D eigenvalue weighted by Gasteiger charge is 2.35. The Kier molecular flexibility index (Phi) is 4.47. The van der Waals surface area contributed by atoms with Crippen molar-refractivity contribution in [3.63, 3.8) is 0 Å². The van der Waals surface area contributed by atoms with Crippen LogP contribution in [-0.4, -0.2) is 43.0 Å². The van der Waals surface area contributed by atoms with E-state index in [-0.39, 0.29) is 17.9 Å².